The van der Waals surface area contributed by atoms with Crippen LogP contribution in [0.5, 0.6) is 0 Å². The minimum atomic E-state index is -0.342. The van der Waals surface area contributed by atoms with Crippen LogP contribution in [0.2, 0.25) is 0 Å². The molecule has 1 saturated heterocycles. The number of anilines is 1. The first-order chi connectivity index (χ1) is 12.7. The number of esters is 1. The Hall–Kier alpha value is -2.00. The van der Waals surface area contributed by atoms with Crippen LogP contribution in [0.25, 0.3) is 11.3 Å². The van der Waals surface area contributed by atoms with E-state index in [9.17, 15) is 9.59 Å². The second kappa shape index (κ2) is 10.4. The Labute approximate surface area is 167 Å². The molecule has 1 aliphatic heterocycles. The molecule has 2 heterocycles. The molecule has 0 aliphatic carbocycles. The summed E-state index contributed by atoms with van der Waals surface area (Å²) in [6, 6.07) is 9.56. The number of halogens is 1. The first kappa shape index (κ1) is 21.3. The number of carbonyl (C=O) groups is 2. The summed E-state index contributed by atoms with van der Waals surface area (Å²) < 4.78 is 10.3. The average Bonchev–Trinajstić information content (AvgIpc) is 3.05. The van der Waals surface area contributed by atoms with E-state index in [0.717, 1.165) is 17.0 Å². The molecule has 1 fully saturated rings. The zero-order valence-electron chi connectivity index (χ0n) is 14.9. The van der Waals surface area contributed by atoms with Crippen LogP contribution in [0, 0.1) is 0 Å². The molecule has 1 aliphatic rings. The van der Waals surface area contributed by atoms with Crippen molar-refractivity contribution in [1.29, 1.82) is 0 Å². The first-order valence-electron chi connectivity index (χ1n) is 8.40. The summed E-state index contributed by atoms with van der Waals surface area (Å²) >= 11 is 1.29. The van der Waals surface area contributed by atoms with E-state index in [4.69, 9.17) is 9.47 Å². The fourth-order valence-corrected chi connectivity index (χ4v) is 3.66. The first-order valence-corrected chi connectivity index (χ1v) is 9.21. The number of morpholine rings is 1. The van der Waals surface area contributed by atoms with Crippen molar-refractivity contribution in [2.45, 2.75) is 18.9 Å². The highest BCUT2D eigenvalue weighted by atomic mass is 35.5. The van der Waals surface area contributed by atoms with Gasteiger partial charge in [0.15, 0.2) is 5.13 Å². The van der Waals surface area contributed by atoms with Crippen LogP contribution in [-0.4, -0.2) is 49.8 Å². The van der Waals surface area contributed by atoms with Gasteiger partial charge in [0.1, 0.15) is 0 Å². The zero-order chi connectivity index (χ0) is 18.4. The number of hydrogen-bond acceptors (Lipinski definition) is 7. The highest BCUT2D eigenvalue weighted by molar-refractivity contribution is 7.16. The minimum absolute atomic E-state index is 0. The lowest BCUT2D eigenvalue weighted by Crippen LogP contribution is -2.40. The molecular formula is C18H22ClN3O4S. The third-order valence-corrected chi connectivity index (χ3v) is 4.91. The van der Waals surface area contributed by atoms with Gasteiger partial charge in [-0.05, 0) is 0 Å². The highest BCUT2D eigenvalue weighted by Crippen LogP contribution is 2.31. The maximum atomic E-state index is 12.3. The van der Waals surface area contributed by atoms with Crippen molar-refractivity contribution in [2.75, 3.05) is 32.1 Å². The Balaban J connectivity index is 0.00000261. The topological polar surface area (TPSA) is 89.5 Å². The van der Waals surface area contributed by atoms with E-state index in [1.54, 1.807) is 0 Å². The van der Waals surface area contributed by atoms with E-state index in [0.29, 0.717) is 24.0 Å². The van der Waals surface area contributed by atoms with Crippen molar-refractivity contribution in [1.82, 2.24) is 10.3 Å². The molecule has 1 unspecified atom stereocenters. The van der Waals surface area contributed by atoms with Gasteiger partial charge in [-0.3, -0.25) is 9.59 Å². The molecule has 0 spiro atoms. The molecule has 27 heavy (non-hydrogen) atoms. The molecule has 0 saturated carbocycles. The predicted molar refractivity (Wildman–Crippen MR) is 106 cm³/mol. The van der Waals surface area contributed by atoms with Gasteiger partial charge >= 0.3 is 5.97 Å². The summed E-state index contributed by atoms with van der Waals surface area (Å²) in [5, 5.41) is 6.49. The van der Waals surface area contributed by atoms with Crippen molar-refractivity contribution < 1.29 is 19.1 Å². The molecule has 7 nitrogen and oxygen atoms in total. The van der Waals surface area contributed by atoms with Crippen LogP contribution in [0.15, 0.2) is 30.3 Å². The summed E-state index contributed by atoms with van der Waals surface area (Å²) in [6.07, 6.45) is 0.246. The number of nitrogens with zero attached hydrogens (tertiary/aromatic N) is 1. The van der Waals surface area contributed by atoms with E-state index in [2.05, 4.69) is 15.6 Å². The summed E-state index contributed by atoms with van der Waals surface area (Å²) in [6.45, 7) is 2.08. The zero-order valence-corrected chi connectivity index (χ0v) is 16.5. The van der Waals surface area contributed by atoms with Crippen molar-refractivity contribution in [3.05, 3.63) is 35.2 Å². The number of aromatic nitrogens is 1. The standard InChI is InChI=1S/C18H21N3O4S.ClH/c1-24-16(23)10-14-17(12-5-3-2-4-6-12)21-18(26-14)20-15(22)9-13-11-19-7-8-25-13;/h2-6,13,19H,7-11H2,1H3,(H,20,21,22);1H. The predicted octanol–water partition coefficient (Wildman–Crippen LogP) is 2.26. The van der Waals surface area contributed by atoms with Gasteiger partial charge in [0.2, 0.25) is 5.91 Å². The maximum Gasteiger partial charge on any atom is 0.310 e. The summed E-state index contributed by atoms with van der Waals surface area (Å²) in [5.74, 6) is -0.498. The van der Waals surface area contributed by atoms with Crippen LogP contribution in [-0.2, 0) is 25.5 Å². The number of hydrogen-bond donors (Lipinski definition) is 2. The fraction of sp³-hybridized carbons (Fsp3) is 0.389. The van der Waals surface area contributed by atoms with Crippen LogP contribution < -0.4 is 10.6 Å². The van der Waals surface area contributed by atoms with Crippen LogP contribution in [0.1, 0.15) is 11.3 Å². The molecule has 2 N–H and O–H groups in total. The lowest BCUT2D eigenvalue weighted by molar-refractivity contribution is -0.139. The molecule has 146 valence electrons. The highest BCUT2D eigenvalue weighted by Gasteiger charge is 2.20. The van der Waals surface area contributed by atoms with Gasteiger partial charge in [-0.25, -0.2) is 4.98 Å². The molecule has 3 rings (SSSR count). The van der Waals surface area contributed by atoms with E-state index >= 15 is 0 Å². The number of methoxy groups -OCH3 is 1. The van der Waals surface area contributed by atoms with E-state index in [1.165, 1.54) is 18.4 Å². The molecule has 1 aromatic heterocycles. The van der Waals surface area contributed by atoms with Gasteiger partial charge < -0.3 is 20.1 Å². The van der Waals surface area contributed by atoms with E-state index in [1.807, 2.05) is 30.3 Å². The second-order valence-corrected chi connectivity index (χ2v) is 6.94. The Morgan fingerprint density at radius 2 is 2.15 bits per heavy atom. The van der Waals surface area contributed by atoms with Crippen molar-refractivity contribution >= 4 is 40.8 Å². The maximum absolute atomic E-state index is 12.3. The van der Waals surface area contributed by atoms with Gasteiger partial charge in [0.05, 0.1) is 38.4 Å². The van der Waals surface area contributed by atoms with Gasteiger partial charge in [-0.15, -0.1) is 23.7 Å². The lowest BCUT2D eigenvalue weighted by atomic mass is 10.1. The minimum Gasteiger partial charge on any atom is -0.469 e. The normalized spacial score (nSPS) is 16.3. The summed E-state index contributed by atoms with van der Waals surface area (Å²) in [5.41, 5.74) is 1.58. The number of carbonyl (C=O) groups excluding carboxylic acids is 2. The molecule has 0 bridgehead atoms. The Kier molecular flexibility index (Phi) is 8.18. The second-order valence-electron chi connectivity index (χ2n) is 5.86. The van der Waals surface area contributed by atoms with Crippen LogP contribution in [0.4, 0.5) is 5.13 Å². The largest absolute Gasteiger partial charge is 0.469 e. The average molecular weight is 412 g/mol. The third kappa shape index (κ3) is 6.00. The van der Waals surface area contributed by atoms with Crippen molar-refractivity contribution in [3.63, 3.8) is 0 Å². The number of rotatable bonds is 6. The quantitative estimate of drug-likeness (QED) is 0.709. The van der Waals surface area contributed by atoms with E-state index in [-0.39, 0.29) is 43.2 Å². The number of ether oxygens (including phenoxy) is 2. The summed E-state index contributed by atoms with van der Waals surface area (Å²) in [7, 11) is 1.35. The molecule has 0 radical (unpaired) electrons. The molecule has 9 heteroatoms. The molecule has 1 atom stereocenters. The summed E-state index contributed by atoms with van der Waals surface area (Å²) in [4.78, 5) is 29.3. The molecular weight excluding hydrogens is 390 g/mol. The molecule has 2 aromatic rings. The number of benzene rings is 1. The number of nitrogens with one attached hydrogen (secondary N) is 2. The van der Waals surface area contributed by atoms with Gasteiger partial charge in [0, 0.05) is 23.5 Å². The van der Waals surface area contributed by atoms with E-state index < -0.39 is 0 Å². The number of thiazole rings is 1. The Morgan fingerprint density at radius 1 is 1.37 bits per heavy atom. The SMILES string of the molecule is COC(=O)Cc1sc(NC(=O)CC2CNCCO2)nc1-c1ccccc1.Cl. The van der Waals surface area contributed by atoms with Gasteiger partial charge in [-0.2, -0.15) is 0 Å². The smallest absolute Gasteiger partial charge is 0.310 e. The van der Waals surface area contributed by atoms with Crippen molar-refractivity contribution in [2.24, 2.45) is 0 Å². The number of amides is 1. The van der Waals surface area contributed by atoms with Crippen LogP contribution in [0.3, 0.4) is 0 Å². The Bertz CT molecular complexity index is 763. The van der Waals surface area contributed by atoms with Gasteiger partial charge in [0.25, 0.3) is 0 Å². The molecule has 1 amide bonds. The fourth-order valence-electron chi connectivity index (χ4n) is 2.68. The Morgan fingerprint density at radius 3 is 2.81 bits per heavy atom. The van der Waals surface area contributed by atoms with Gasteiger partial charge in [-0.1, -0.05) is 30.3 Å². The van der Waals surface area contributed by atoms with Crippen molar-refractivity contribution in [3.8, 4) is 11.3 Å². The third-order valence-electron chi connectivity index (χ3n) is 3.94. The molecule has 1 aromatic carbocycles. The van der Waals surface area contributed by atoms with Crippen LogP contribution >= 0.6 is 23.7 Å². The monoisotopic (exact) mass is 411 g/mol. The lowest BCUT2D eigenvalue weighted by Gasteiger charge is -2.22.